The topological polar surface area (TPSA) is 52.6 Å². The molecule has 0 amide bonds. The zero-order valence-electron chi connectivity index (χ0n) is 14.9. The number of carbonyl (C=O) groups excluding carboxylic acids is 2. The van der Waals surface area contributed by atoms with Gasteiger partial charge in [-0.15, -0.1) is 0 Å². The number of carbonyl (C=O) groups is 2. The third kappa shape index (κ3) is 3.46. The number of fused-ring (bicyclic) bond motifs is 2. The normalized spacial score (nSPS) is 24.9. The molecule has 23 heavy (non-hydrogen) atoms. The molecule has 130 valence electrons. The van der Waals surface area contributed by atoms with Crippen LogP contribution in [0.25, 0.3) is 0 Å². The van der Waals surface area contributed by atoms with E-state index < -0.39 is 0 Å². The van der Waals surface area contributed by atoms with Gasteiger partial charge in [-0.2, -0.15) is 0 Å². The molecule has 1 saturated carbocycles. The van der Waals surface area contributed by atoms with Crippen molar-refractivity contribution >= 4 is 11.9 Å². The molecule has 2 bridgehead atoms. The van der Waals surface area contributed by atoms with Crippen molar-refractivity contribution < 1.29 is 19.1 Å². The Morgan fingerprint density at radius 1 is 0.913 bits per heavy atom. The number of ether oxygens (including phenoxy) is 2. The molecule has 4 nitrogen and oxygen atoms in total. The standard InChI is InChI=1S/C19H30O4/c1-5-7-11-22-17(20)15-13-9-10-14(19(13,3)4)16(15)18(21)23-12-8-6-2/h13-14H,5-12H2,1-4H3. The van der Waals surface area contributed by atoms with Gasteiger partial charge >= 0.3 is 11.9 Å². The van der Waals surface area contributed by atoms with Crippen LogP contribution in [0, 0.1) is 17.3 Å². The highest BCUT2D eigenvalue weighted by molar-refractivity contribution is 6.03. The van der Waals surface area contributed by atoms with Gasteiger partial charge in [-0.05, 0) is 42.9 Å². The van der Waals surface area contributed by atoms with E-state index in [1.54, 1.807) is 0 Å². The van der Waals surface area contributed by atoms with Crippen LogP contribution >= 0.6 is 0 Å². The largest absolute Gasteiger partial charge is 0.462 e. The van der Waals surface area contributed by atoms with Crippen LogP contribution < -0.4 is 0 Å². The van der Waals surface area contributed by atoms with Crippen LogP contribution in [0.2, 0.25) is 0 Å². The lowest BCUT2D eigenvalue weighted by Gasteiger charge is -2.25. The molecule has 0 saturated heterocycles. The Hall–Kier alpha value is -1.32. The average Bonchev–Trinajstić information content (AvgIpc) is 2.93. The third-order valence-corrected chi connectivity index (χ3v) is 5.43. The predicted molar refractivity (Wildman–Crippen MR) is 88.8 cm³/mol. The van der Waals surface area contributed by atoms with Gasteiger partial charge in [-0.3, -0.25) is 0 Å². The van der Waals surface area contributed by atoms with Crippen LogP contribution in [0.3, 0.4) is 0 Å². The quantitative estimate of drug-likeness (QED) is 0.500. The van der Waals surface area contributed by atoms with E-state index in [0.717, 1.165) is 38.5 Å². The monoisotopic (exact) mass is 322 g/mol. The van der Waals surface area contributed by atoms with Crippen molar-refractivity contribution in [3.8, 4) is 0 Å². The van der Waals surface area contributed by atoms with Gasteiger partial charge in [0, 0.05) is 0 Å². The van der Waals surface area contributed by atoms with Crippen molar-refractivity contribution in [3.63, 3.8) is 0 Å². The molecule has 0 aliphatic heterocycles. The van der Waals surface area contributed by atoms with Crippen LogP contribution in [0.15, 0.2) is 11.1 Å². The van der Waals surface area contributed by atoms with E-state index in [-0.39, 0.29) is 29.2 Å². The number of esters is 2. The lowest BCUT2D eigenvalue weighted by Crippen LogP contribution is -2.22. The summed E-state index contributed by atoms with van der Waals surface area (Å²) in [6.07, 6.45) is 5.59. The van der Waals surface area contributed by atoms with E-state index in [4.69, 9.17) is 9.47 Å². The highest BCUT2D eigenvalue weighted by Crippen LogP contribution is 2.60. The smallest absolute Gasteiger partial charge is 0.334 e. The van der Waals surface area contributed by atoms with Crippen LogP contribution in [-0.2, 0) is 19.1 Å². The molecule has 0 radical (unpaired) electrons. The summed E-state index contributed by atoms with van der Waals surface area (Å²) < 4.78 is 10.8. The van der Waals surface area contributed by atoms with Crippen molar-refractivity contribution in [2.45, 2.75) is 66.2 Å². The Morgan fingerprint density at radius 2 is 1.30 bits per heavy atom. The van der Waals surface area contributed by atoms with Gasteiger partial charge < -0.3 is 9.47 Å². The van der Waals surface area contributed by atoms with Gasteiger partial charge in [-0.1, -0.05) is 40.5 Å². The molecular weight excluding hydrogens is 292 g/mol. The number of hydrogen-bond acceptors (Lipinski definition) is 4. The molecule has 2 aliphatic rings. The highest BCUT2D eigenvalue weighted by Gasteiger charge is 2.57. The number of rotatable bonds is 8. The molecule has 2 rings (SSSR count). The van der Waals surface area contributed by atoms with E-state index >= 15 is 0 Å². The van der Waals surface area contributed by atoms with Crippen molar-refractivity contribution in [1.29, 1.82) is 0 Å². The molecular formula is C19H30O4. The summed E-state index contributed by atoms with van der Waals surface area (Å²) in [5.74, 6) is -0.368. The lowest BCUT2D eigenvalue weighted by atomic mass is 9.79. The van der Waals surface area contributed by atoms with Crippen molar-refractivity contribution in [1.82, 2.24) is 0 Å². The Morgan fingerprint density at radius 3 is 1.65 bits per heavy atom. The second kappa shape index (κ2) is 7.50. The molecule has 0 N–H and O–H groups in total. The van der Waals surface area contributed by atoms with Crippen molar-refractivity contribution in [2.24, 2.45) is 17.3 Å². The minimum atomic E-state index is -0.304. The first-order chi connectivity index (χ1) is 10.9. The van der Waals surface area contributed by atoms with Gasteiger partial charge in [0.05, 0.1) is 24.4 Å². The van der Waals surface area contributed by atoms with Crippen molar-refractivity contribution in [3.05, 3.63) is 11.1 Å². The summed E-state index contributed by atoms with van der Waals surface area (Å²) in [6, 6.07) is 0. The van der Waals surface area contributed by atoms with Gasteiger partial charge in [0.1, 0.15) is 0 Å². The number of hydrogen-bond donors (Lipinski definition) is 0. The molecule has 0 aromatic carbocycles. The molecule has 0 heterocycles. The summed E-state index contributed by atoms with van der Waals surface area (Å²) in [5.41, 5.74) is 1.14. The van der Waals surface area contributed by atoms with Gasteiger partial charge in [0.2, 0.25) is 0 Å². The summed E-state index contributed by atoms with van der Waals surface area (Å²) >= 11 is 0. The molecule has 0 aromatic rings. The molecule has 2 aliphatic carbocycles. The van der Waals surface area contributed by atoms with Gasteiger partial charge in [0.15, 0.2) is 0 Å². The Kier molecular flexibility index (Phi) is 5.88. The van der Waals surface area contributed by atoms with Gasteiger partial charge in [-0.25, -0.2) is 9.59 Å². The first-order valence-electron chi connectivity index (χ1n) is 9.03. The zero-order valence-corrected chi connectivity index (χ0v) is 14.9. The van der Waals surface area contributed by atoms with Crippen LogP contribution in [0.5, 0.6) is 0 Å². The highest BCUT2D eigenvalue weighted by atomic mass is 16.5. The van der Waals surface area contributed by atoms with Crippen LogP contribution in [0.1, 0.15) is 66.2 Å². The van der Waals surface area contributed by atoms with E-state index in [2.05, 4.69) is 27.7 Å². The van der Waals surface area contributed by atoms with E-state index in [1.165, 1.54) is 0 Å². The fourth-order valence-corrected chi connectivity index (χ4v) is 4.01. The number of unbranched alkanes of at least 4 members (excludes halogenated alkanes) is 2. The molecule has 0 aromatic heterocycles. The minimum Gasteiger partial charge on any atom is -0.462 e. The molecule has 4 heteroatoms. The van der Waals surface area contributed by atoms with E-state index in [9.17, 15) is 9.59 Å². The first-order valence-corrected chi connectivity index (χ1v) is 9.03. The fourth-order valence-electron chi connectivity index (χ4n) is 4.01. The first kappa shape index (κ1) is 18.0. The summed E-state index contributed by atoms with van der Waals surface area (Å²) in [5, 5.41) is 0. The van der Waals surface area contributed by atoms with Crippen molar-refractivity contribution in [2.75, 3.05) is 13.2 Å². The van der Waals surface area contributed by atoms with Gasteiger partial charge in [0.25, 0.3) is 0 Å². The molecule has 2 unspecified atom stereocenters. The average molecular weight is 322 g/mol. The minimum absolute atomic E-state index is 0.0573. The maximum atomic E-state index is 12.6. The Labute approximate surface area is 139 Å². The second-order valence-electron chi connectivity index (χ2n) is 7.31. The third-order valence-electron chi connectivity index (χ3n) is 5.43. The summed E-state index contributed by atoms with van der Waals surface area (Å²) in [6.45, 7) is 9.28. The maximum Gasteiger partial charge on any atom is 0.334 e. The lowest BCUT2D eigenvalue weighted by molar-refractivity contribution is -0.143. The second-order valence-corrected chi connectivity index (χ2v) is 7.31. The summed E-state index contributed by atoms with van der Waals surface area (Å²) in [7, 11) is 0. The maximum absolute atomic E-state index is 12.6. The SMILES string of the molecule is CCCCOC(=O)C1=C(C(=O)OCCCC)C2CCC1C2(C)C. The Balaban J connectivity index is 2.20. The zero-order chi connectivity index (χ0) is 17.0. The molecule has 1 fully saturated rings. The summed E-state index contributed by atoms with van der Waals surface area (Å²) in [4.78, 5) is 25.1. The van der Waals surface area contributed by atoms with E-state index in [0.29, 0.717) is 24.4 Å². The predicted octanol–water partition coefficient (Wildman–Crippen LogP) is 4.04. The fraction of sp³-hybridized carbons (Fsp3) is 0.789. The van der Waals surface area contributed by atoms with Crippen LogP contribution in [-0.4, -0.2) is 25.2 Å². The van der Waals surface area contributed by atoms with Crippen LogP contribution in [0.4, 0.5) is 0 Å². The molecule has 2 atom stereocenters. The Bertz CT molecular complexity index is 448. The molecule has 0 spiro atoms. The van der Waals surface area contributed by atoms with E-state index in [1.807, 2.05) is 0 Å².